The van der Waals surface area contributed by atoms with Gasteiger partial charge in [0.1, 0.15) is 18.4 Å². The van der Waals surface area contributed by atoms with E-state index in [1.165, 1.54) is 10.5 Å². The monoisotopic (exact) mass is 622 g/mol. The number of aryl methyl sites for hydroxylation is 1. The molecule has 4 N–H and O–H groups in total. The molecule has 0 aromatic heterocycles. The normalized spacial score (nSPS) is 14.9. The van der Waals surface area contributed by atoms with Gasteiger partial charge in [0.25, 0.3) is 0 Å². The Bertz CT molecular complexity index is 1180. The van der Waals surface area contributed by atoms with Crippen LogP contribution in [-0.4, -0.2) is 79.2 Å². The van der Waals surface area contributed by atoms with E-state index in [9.17, 15) is 19.5 Å². The van der Waals surface area contributed by atoms with Gasteiger partial charge in [0.05, 0.1) is 11.6 Å². The van der Waals surface area contributed by atoms with Crippen LogP contribution in [0.25, 0.3) is 6.08 Å². The van der Waals surface area contributed by atoms with E-state index >= 15 is 0 Å². The number of para-hydroxylation sites is 1. The summed E-state index contributed by atoms with van der Waals surface area (Å²) in [4.78, 5) is 38.3. The molecular weight excluding hydrogens is 568 g/mol. The second-order valence-electron chi connectivity index (χ2n) is 11.9. The minimum absolute atomic E-state index is 0.154. The van der Waals surface area contributed by atoms with E-state index in [0.29, 0.717) is 38.4 Å². The molecule has 0 aliphatic heterocycles. The Hall–Kier alpha value is -3.69. The van der Waals surface area contributed by atoms with Crippen LogP contribution in [0.3, 0.4) is 0 Å². The number of carbonyl (C=O) groups excluding carboxylic acids is 3. The molecule has 3 amide bonds. The van der Waals surface area contributed by atoms with E-state index < -0.39 is 17.7 Å². The van der Waals surface area contributed by atoms with E-state index in [4.69, 9.17) is 4.74 Å². The summed E-state index contributed by atoms with van der Waals surface area (Å²) < 4.78 is 6.01. The highest BCUT2D eigenvalue weighted by molar-refractivity contribution is 5.90. The molecule has 9 heteroatoms. The van der Waals surface area contributed by atoms with Gasteiger partial charge < -0.3 is 30.7 Å². The number of ether oxygens (including phenoxy) is 1. The molecule has 1 fully saturated rings. The molecule has 0 saturated heterocycles. The fourth-order valence-corrected chi connectivity index (χ4v) is 5.65. The molecule has 45 heavy (non-hydrogen) atoms. The second kappa shape index (κ2) is 20.4. The summed E-state index contributed by atoms with van der Waals surface area (Å²) >= 11 is 0. The molecule has 0 heterocycles. The molecule has 2 unspecified atom stereocenters. The second-order valence-corrected chi connectivity index (χ2v) is 11.9. The zero-order valence-corrected chi connectivity index (χ0v) is 27.8. The summed E-state index contributed by atoms with van der Waals surface area (Å²) in [6, 6.07) is 16.6. The first-order chi connectivity index (χ1) is 21.6. The Morgan fingerprint density at radius 1 is 1.04 bits per heavy atom. The maximum absolute atomic E-state index is 13.7. The predicted molar refractivity (Wildman–Crippen MR) is 181 cm³/mol. The largest absolute Gasteiger partial charge is 0.492 e. The number of aliphatic hydroxyl groups is 1. The third-order valence-corrected chi connectivity index (χ3v) is 7.90. The summed E-state index contributed by atoms with van der Waals surface area (Å²) in [5, 5.41) is 19.5. The average Bonchev–Trinajstić information content (AvgIpc) is 3.04. The van der Waals surface area contributed by atoms with Crippen LogP contribution < -0.4 is 20.7 Å². The Kier molecular flexibility index (Phi) is 17.0. The number of nitrogens with one attached hydrogen (secondary N) is 3. The highest BCUT2D eigenvalue weighted by Gasteiger charge is 2.42. The van der Waals surface area contributed by atoms with Crippen molar-refractivity contribution < 1.29 is 24.2 Å². The third kappa shape index (κ3) is 13.1. The predicted octanol–water partition coefficient (Wildman–Crippen LogP) is 4.35. The maximum Gasteiger partial charge on any atom is 0.245 e. The van der Waals surface area contributed by atoms with Crippen LogP contribution in [0.1, 0.15) is 70.9 Å². The van der Waals surface area contributed by atoms with Crippen LogP contribution in [0.5, 0.6) is 5.75 Å². The van der Waals surface area contributed by atoms with Crippen molar-refractivity contribution in [1.29, 1.82) is 0 Å². The van der Waals surface area contributed by atoms with Crippen molar-refractivity contribution in [3.8, 4) is 5.75 Å². The van der Waals surface area contributed by atoms with Crippen molar-refractivity contribution in [3.63, 3.8) is 0 Å². The molecule has 1 aliphatic rings. The topological polar surface area (TPSA) is 120 Å². The molecule has 0 bridgehead atoms. The van der Waals surface area contributed by atoms with Crippen molar-refractivity contribution in [2.24, 2.45) is 5.92 Å². The first-order valence-electron chi connectivity index (χ1n) is 16.2. The zero-order valence-electron chi connectivity index (χ0n) is 27.8. The van der Waals surface area contributed by atoms with E-state index in [0.717, 1.165) is 44.1 Å². The zero-order chi connectivity index (χ0) is 33.1. The first kappa shape index (κ1) is 37.5. The number of amides is 3. The van der Waals surface area contributed by atoms with E-state index in [1.54, 1.807) is 20.9 Å². The van der Waals surface area contributed by atoms with Crippen LogP contribution in [-0.2, 0) is 20.8 Å². The standard InChI is InChI=1S/C28H44N4O5.C8H10/c1-5-30-26(34)25(28(2,3)36)32(4)27(35)24(22-13-7-6-8-14-22)31-18-19-37-23-16-10-9-12-21(23)15-11-17-29-20-33;1-2-8-6-4-3-5-7-8/h9-12,15-16,20,22,24-25,31,36H,5-8,13-14,17-19H2,1-4H3,(H,29,33)(H,30,34);3-7H,2H2,1H3/b15-11+;. The van der Waals surface area contributed by atoms with E-state index in [-0.39, 0.29) is 17.7 Å². The summed E-state index contributed by atoms with van der Waals surface area (Å²) in [6.45, 7) is 8.71. The highest BCUT2D eigenvalue weighted by Crippen LogP contribution is 2.28. The Labute approximate surface area is 269 Å². The van der Waals surface area contributed by atoms with Crippen molar-refractivity contribution >= 4 is 24.3 Å². The SMILES string of the molecule is CCNC(=O)C(N(C)C(=O)C(NCCOc1ccccc1/C=C/CNC=O)C1CCCCC1)C(C)(C)O.CCc1ccccc1. The number of hydrogen-bond donors (Lipinski definition) is 4. The lowest BCUT2D eigenvalue weighted by atomic mass is 9.83. The van der Waals surface area contributed by atoms with Gasteiger partial charge >= 0.3 is 0 Å². The van der Waals surface area contributed by atoms with Crippen LogP contribution in [0.15, 0.2) is 60.7 Å². The molecule has 2 aromatic carbocycles. The summed E-state index contributed by atoms with van der Waals surface area (Å²) in [5.41, 5.74) is 0.903. The summed E-state index contributed by atoms with van der Waals surface area (Å²) in [6.07, 6.45) is 10.7. The number of carbonyl (C=O) groups is 3. The number of rotatable bonds is 16. The van der Waals surface area contributed by atoms with Gasteiger partial charge in [0.2, 0.25) is 18.2 Å². The minimum Gasteiger partial charge on any atom is -0.492 e. The lowest BCUT2D eigenvalue weighted by Gasteiger charge is -2.39. The quantitative estimate of drug-likeness (QED) is 0.163. The summed E-state index contributed by atoms with van der Waals surface area (Å²) in [7, 11) is 1.59. The number of nitrogens with zero attached hydrogens (tertiary/aromatic N) is 1. The molecule has 0 spiro atoms. The Balaban J connectivity index is 0.000000761. The van der Waals surface area contributed by atoms with Crippen LogP contribution in [0, 0.1) is 5.92 Å². The maximum atomic E-state index is 13.7. The first-order valence-corrected chi connectivity index (χ1v) is 16.2. The van der Waals surface area contributed by atoms with Gasteiger partial charge in [-0.15, -0.1) is 0 Å². The molecule has 9 nitrogen and oxygen atoms in total. The van der Waals surface area contributed by atoms with Gasteiger partial charge in [-0.1, -0.05) is 86.9 Å². The fraction of sp³-hybridized carbons (Fsp3) is 0.528. The van der Waals surface area contributed by atoms with E-state index in [2.05, 4.69) is 47.1 Å². The molecule has 2 aromatic rings. The van der Waals surface area contributed by atoms with E-state index in [1.807, 2.05) is 49.4 Å². The van der Waals surface area contributed by atoms with Gasteiger partial charge in [-0.05, 0) is 57.6 Å². The van der Waals surface area contributed by atoms with Crippen LogP contribution >= 0.6 is 0 Å². The van der Waals surface area contributed by atoms with Crippen LogP contribution in [0.4, 0.5) is 0 Å². The molecule has 248 valence electrons. The number of benzene rings is 2. The fourth-order valence-electron chi connectivity index (χ4n) is 5.65. The van der Waals surface area contributed by atoms with Gasteiger partial charge in [-0.25, -0.2) is 0 Å². The smallest absolute Gasteiger partial charge is 0.245 e. The average molecular weight is 623 g/mol. The molecule has 1 aliphatic carbocycles. The Morgan fingerprint density at radius 2 is 1.71 bits per heavy atom. The van der Waals surface area contributed by atoms with Gasteiger partial charge in [0.15, 0.2) is 0 Å². The van der Waals surface area contributed by atoms with Crippen molar-refractivity contribution in [3.05, 3.63) is 71.8 Å². The third-order valence-electron chi connectivity index (χ3n) is 7.90. The number of hydrogen-bond acceptors (Lipinski definition) is 6. The van der Waals surface area contributed by atoms with Crippen molar-refractivity contribution in [1.82, 2.24) is 20.9 Å². The van der Waals surface area contributed by atoms with Crippen molar-refractivity contribution in [2.75, 3.05) is 33.3 Å². The van der Waals surface area contributed by atoms with Gasteiger partial charge in [-0.2, -0.15) is 0 Å². The molecular formula is C36H54N4O5. The molecule has 2 atom stereocenters. The minimum atomic E-state index is -1.40. The highest BCUT2D eigenvalue weighted by atomic mass is 16.5. The van der Waals surface area contributed by atoms with Gasteiger partial charge in [0, 0.05) is 32.2 Å². The van der Waals surface area contributed by atoms with Gasteiger partial charge in [-0.3, -0.25) is 14.4 Å². The van der Waals surface area contributed by atoms with Crippen LogP contribution in [0.2, 0.25) is 0 Å². The molecule has 1 saturated carbocycles. The summed E-state index contributed by atoms with van der Waals surface area (Å²) in [5.74, 6) is 0.296. The lowest BCUT2D eigenvalue weighted by Crippen LogP contribution is -2.62. The molecule has 0 radical (unpaired) electrons. The Morgan fingerprint density at radius 3 is 2.31 bits per heavy atom. The van der Waals surface area contributed by atoms with Crippen molar-refractivity contribution in [2.45, 2.75) is 83.9 Å². The molecule has 3 rings (SSSR count). The lowest BCUT2D eigenvalue weighted by molar-refractivity contribution is -0.150. The number of likely N-dealkylation sites (N-methyl/N-ethyl adjacent to an activating group) is 2.